The van der Waals surface area contributed by atoms with Crippen LogP contribution in [0.3, 0.4) is 0 Å². The van der Waals surface area contributed by atoms with Gasteiger partial charge in [0.15, 0.2) is 0 Å². The first-order chi connectivity index (χ1) is 11.0. The van der Waals surface area contributed by atoms with E-state index >= 15 is 0 Å². The summed E-state index contributed by atoms with van der Waals surface area (Å²) in [6.45, 7) is 0.666. The van der Waals surface area contributed by atoms with Gasteiger partial charge in [0.25, 0.3) is 5.91 Å². The van der Waals surface area contributed by atoms with E-state index < -0.39 is 0 Å². The number of hydrogen-bond acceptors (Lipinski definition) is 5. The van der Waals surface area contributed by atoms with E-state index in [1.54, 1.807) is 13.3 Å². The third-order valence-electron chi connectivity index (χ3n) is 5.28. The summed E-state index contributed by atoms with van der Waals surface area (Å²) in [5.41, 5.74) is 0.286. The van der Waals surface area contributed by atoms with Gasteiger partial charge in [-0.25, -0.2) is 4.98 Å². The summed E-state index contributed by atoms with van der Waals surface area (Å²) in [6, 6.07) is 3.61. The minimum atomic E-state index is -0.356. The number of methoxy groups -OCH3 is 1. The van der Waals surface area contributed by atoms with Gasteiger partial charge in [-0.2, -0.15) is 0 Å². The summed E-state index contributed by atoms with van der Waals surface area (Å²) in [4.78, 5) is 21.0. The maximum absolute atomic E-state index is 12.9. The van der Waals surface area contributed by atoms with Crippen molar-refractivity contribution in [3.63, 3.8) is 0 Å². The number of hydrogen-bond donors (Lipinski definition) is 1. The SMILES string of the molecule is CO[C@@]12CCC(O)CC1N(C(=O)c1ccc(N(C)C)nc1)CC2. The molecule has 1 aliphatic carbocycles. The summed E-state index contributed by atoms with van der Waals surface area (Å²) in [5.74, 6) is 0.795. The Labute approximate surface area is 137 Å². The van der Waals surface area contributed by atoms with Gasteiger partial charge in [0, 0.05) is 33.9 Å². The Balaban J connectivity index is 1.82. The van der Waals surface area contributed by atoms with E-state index in [2.05, 4.69) is 4.98 Å². The van der Waals surface area contributed by atoms with Gasteiger partial charge in [-0.15, -0.1) is 0 Å². The number of nitrogens with zero attached hydrogens (tertiary/aromatic N) is 3. The van der Waals surface area contributed by atoms with Crippen molar-refractivity contribution >= 4 is 11.7 Å². The van der Waals surface area contributed by atoms with Crippen LogP contribution in [-0.4, -0.2) is 66.4 Å². The molecule has 126 valence electrons. The van der Waals surface area contributed by atoms with Crippen LogP contribution >= 0.6 is 0 Å². The van der Waals surface area contributed by atoms with Crippen LogP contribution in [0.2, 0.25) is 0 Å². The van der Waals surface area contributed by atoms with Crippen molar-refractivity contribution in [2.75, 3.05) is 32.6 Å². The van der Waals surface area contributed by atoms with Crippen molar-refractivity contribution in [3.05, 3.63) is 23.9 Å². The van der Waals surface area contributed by atoms with Crippen LogP contribution < -0.4 is 4.90 Å². The third-order valence-corrected chi connectivity index (χ3v) is 5.28. The van der Waals surface area contributed by atoms with Gasteiger partial charge in [-0.05, 0) is 37.8 Å². The van der Waals surface area contributed by atoms with Gasteiger partial charge in [0.1, 0.15) is 5.82 Å². The minimum absolute atomic E-state index is 0.0270. The number of aliphatic hydroxyl groups excluding tert-OH is 1. The number of rotatable bonds is 3. The maximum Gasteiger partial charge on any atom is 0.255 e. The zero-order valence-corrected chi connectivity index (χ0v) is 14.0. The number of aliphatic hydroxyl groups is 1. The van der Waals surface area contributed by atoms with E-state index in [0.29, 0.717) is 18.5 Å². The number of carbonyl (C=O) groups excluding carboxylic acids is 1. The second-order valence-corrected chi connectivity index (χ2v) is 6.76. The van der Waals surface area contributed by atoms with E-state index in [9.17, 15) is 9.90 Å². The van der Waals surface area contributed by atoms with Crippen LogP contribution in [0.25, 0.3) is 0 Å². The first-order valence-electron chi connectivity index (χ1n) is 8.14. The molecule has 3 rings (SSSR count). The summed E-state index contributed by atoms with van der Waals surface area (Å²) in [6.07, 6.45) is 4.23. The van der Waals surface area contributed by atoms with Crippen molar-refractivity contribution in [2.24, 2.45) is 0 Å². The molecule has 2 fully saturated rings. The number of pyridine rings is 1. The predicted octanol–water partition coefficient (Wildman–Crippen LogP) is 1.29. The Morgan fingerprint density at radius 1 is 1.43 bits per heavy atom. The average Bonchev–Trinajstić information content (AvgIpc) is 2.93. The number of aromatic nitrogens is 1. The lowest BCUT2D eigenvalue weighted by Gasteiger charge is -2.42. The fourth-order valence-corrected chi connectivity index (χ4v) is 3.86. The summed E-state index contributed by atoms with van der Waals surface area (Å²) in [5, 5.41) is 10.0. The Kier molecular flexibility index (Phi) is 4.29. The third kappa shape index (κ3) is 2.81. The van der Waals surface area contributed by atoms with Gasteiger partial charge in [0.2, 0.25) is 0 Å². The molecule has 2 aliphatic rings. The van der Waals surface area contributed by atoms with Crippen molar-refractivity contribution < 1.29 is 14.6 Å². The highest BCUT2D eigenvalue weighted by molar-refractivity contribution is 5.94. The number of anilines is 1. The summed E-state index contributed by atoms with van der Waals surface area (Å²) < 4.78 is 5.79. The smallest absolute Gasteiger partial charge is 0.255 e. The number of carbonyl (C=O) groups is 1. The highest BCUT2D eigenvalue weighted by Gasteiger charge is 2.52. The Morgan fingerprint density at radius 3 is 2.83 bits per heavy atom. The molecular weight excluding hydrogens is 294 g/mol. The lowest BCUT2D eigenvalue weighted by molar-refractivity contribution is -0.0824. The van der Waals surface area contributed by atoms with Crippen LogP contribution in [0.4, 0.5) is 5.82 Å². The maximum atomic E-state index is 12.9. The largest absolute Gasteiger partial charge is 0.393 e. The van der Waals surface area contributed by atoms with Crippen molar-refractivity contribution in [2.45, 2.75) is 43.4 Å². The molecule has 2 heterocycles. The zero-order valence-electron chi connectivity index (χ0n) is 14.0. The van der Waals surface area contributed by atoms with Gasteiger partial charge < -0.3 is 19.6 Å². The molecular formula is C17H25N3O3. The van der Waals surface area contributed by atoms with Gasteiger partial charge >= 0.3 is 0 Å². The van der Waals surface area contributed by atoms with Crippen LogP contribution in [0, 0.1) is 0 Å². The van der Waals surface area contributed by atoms with Gasteiger partial charge in [0.05, 0.1) is 23.3 Å². The predicted molar refractivity (Wildman–Crippen MR) is 87.6 cm³/mol. The molecule has 6 heteroatoms. The fraction of sp³-hybridized carbons (Fsp3) is 0.647. The molecule has 1 aliphatic heterocycles. The molecule has 1 N–H and O–H groups in total. The first kappa shape index (κ1) is 16.2. The summed E-state index contributed by atoms with van der Waals surface area (Å²) in [7, 11) is 5.55. The van der Waals surface area contributed by atoms with E-state index in [4.69, 9.17) is 4.74 Å². The van der Waals surface area contributed by atoms with Crippen LogP contribution in [0.5, 0.6) is 0 Å². The van der Waals surface area contributed by atoms with E-state index in [1.807, 2.05) is 36.0 Å². The first-order valence-corrected chi connectivity index (χ1v) is 8.14. The van der Waals surface area contributed by atoms with Crippen molar-refractivity contribution in [3.8, 4) is 0 Å². The molecule has 23 heavy (non-hydrogen) atoms. The monoisotopic (exact) mass is 319 g/mol. The second-order valence-electron chi connectivity index (χ2n) is 6.76. The molecule has 1 saturated carbocycles. The Morgan fingerprint density at radius 2 is 2.22 bits per heavy atom. The highest BCUT2D eigenvalue weighted by Crippen LogP contribution is 2.42. The van der Waals surface area contributed by atoms with Crippen molar-refractivity contribution in [1.82, 2.24) is 9.88 Å². The number of fused-ring (bicyclic) bond motifs is 1. The normalized spacial score (nSPS) is 30.2. The molecule has 3 atom stereocenters. The lowest BCUT2D eigenvalue weighted by atomic mass is 9.79. The van der Waals surface area contributed by atoms with Crippen LogP contribution in [-0.2, 0) is 4.74 Å². The number of likely N-dealkylation sites (tertiary alicyclic amines) is 1. The average molecular weight is 319 g/mol. The second kappa shape index (κ2) is 6.09. The Hall–Kier alpha value is -1.66. The van der Waals surface area contributed by atoms with Crippen molar-refractivity contribution in [1.29, 1.82) is 0 Å². The molecule has 1 aromatic rings. The molecule has 2 unspecified atom stereocenters. The molecule has 0 spiro atoms. The van der Waals surface area contributed by atoms with Crippen LogP contribution in [0.1, 0.15) is 36.0 Å². The number of ether oxygens (including phenoxy) is 1. The minimum Gasteiger partial charge on any atom is -0.393 e. The highest BCUT2D eigenvalue weighted by atomic mass is 16.5. The quantitative estimate of drug-likeness (QED) is 0.909. The number of amides is 1. The molecule has 1 amide bonds. The molecule has 0 bridgehead atoms. The topological polar surface area (TPSA) is 65.9 Å². The standard InChI is InChI=1S/C17H25N3O3/c1-19(2)15-5-4-12(11-18-15)16(22)20-9-8-17(23-3)7-6-13(21)10-14(17)20/h4-5,11,13-14,21H,6-10H2,1-3H3/t13?,14?,17-/m1/s1. The summed E-state index contributed by atoms with van der Waals surface area (Å²) >= 11 is 0. The molecule has 6 nitrogen and oxygen atoms in total. The zero-order chi connectivity index (χ0) is 16.6. The lowest BCUT2D eigenvalue weighted by Crippen LogP contribution is -2.52. The van der Waals surface area contributed by atoms with E-state index in [0.717, 1.165) is 25.1 Å². The molecule has 0 radical (unpaired) electrons. The van der Waals surface area contributed by atoms with Crippen LogP contribution in [0.15, 0.2) is 18.3 Å². The molecule has 1 aromatic heterocycles. The fourth-order valence-electron chi connectivity index (χ4n) is 3.86. The van der Waals surface area contributed by atoms with Gasteiger partial charge in [-0.3, -0.25) is 4.79 Å². The molecule has 1 saturated heterocycles. The molecule has 0 aromatic carbocycles. The van der Waals surface area contributed by atoms with E-state index in [1.165, 1.54) is 0 Å². The Bertz CT molecular complexity index is 575. The van der Waals surface area contributed by atoms with Gasteiger partial charge in [-0.1, -0.05) is 0 Å². The van der Waals surface area contributed by atoms with E-state index in [-0.39, 0.29) is 23.7 Å².